The topological polar surface area (TPSA) is 17.1 Å². The molecule has 0 aliphatic heterocycles. The number of carbonyl (C=O) groups excluding carboxylic acids is 1. The van der Waals surface area contributed by atoms with Crippen LogP contribution in [0.1, 0.15) is 27.0 Å². The van der Waals surface area contributed by atoms with Gasteiger partial charge in [-0.1, -0.05) is 23.3 Å². The Bertz CT molecular complexity index is 579. The maximum Gasteiger partial charge on any atom is 0.197 e. The third-order valence-corrected chi connectivity index (χ3v) is 3.33. The molecule has 2 aromatic rings. The number of hydrogen-bond acceptors (Lipinski definition) is 1. The first-order valence-electron chi connectivity index (χ1n) is 5.56. The molecule has 1 nitrogen and oxygen atoms in total. The molecule has 92 valence electrons. The van der Waals surface area contributed by atoms with Crippen LogP contribution in [0.3, 0.4) is 0 Å². The molecule has 3 heteroatoms. The van der Waals surface area contributed by atoms with E-state index in [-0.39, 0.29) is 11.3 Å². The van der Waals surface area contributed by atoms with Gasteiger partial charge in [-0.05, 0) is 54.0 Å². The van der Waals surface area contributed by atoms with Crippen molar-refractivity contribution < 1.29 is 9.18 Å². The number of ketones is 1. The number of halogens is 2. The molecular formula is C15H12BrFO. The molecule has 0 aliphatic rings. The number of hydrogen-bond donors (Lipinski definition) is 0. The van der Waals surface area contributed by atoms with Crippen LogP contribution >= 0.6 is 15.9 Å². The first-order valence-corrected chi connectivity index (χ1v) is 6.35. The molecular weight excluding hydrogens is 295 g/mol. The smallest absolute Gasteiger partial charge is 0.197 e. The van der Waals surface area contributed by atoms with E-state index in [1.165, 1.54) is 6.07 Å². The molecule has 0 atom stereocenters. The molecule has 2 rings (SSSR count). The van der Waals surface area contributed by atoms with Crippen molar-refractivity contribution in [2.24, 2.45) is 0 Å². The second-order valence-electron chi connectivity index (χ2n) is 4.30. The number of carbonyl (C=O) groups is 1. The summed E-state index contributed by atoms with van der Waals surface area (Å²) in [5, 5.41) is 0. The summed E-state index contributed by atoms with van der Waals surface area (Å²) in [5.41, 5.74) is 2.58. The van der Waals surface area contributed by atoms with Crippen molar-refractivity contribution >= 4 is 21.7 Å². The Morgan fingerprint density at radius 2 is 1.72 bits per heavy atom. The van der Waals surface area contributed by atoms with Crippen molar-refractivity contribution in [3.05, 3.63) is 68.9 Å². The fourth-order valence-electron chi connectivity index (χ4n) is 1.96. The lowest BCUT2D eigenvalue weighted by molar-refractivity contribution is 0.103. The van der Waals surface area contributed by atoms with Crippen LogP contribution in [0.25, 0.3) is 0 Å². The monoisotopic (exact) mass is 306 g/mol. The van der Waals surface area contributed by atoms with Crippen LogP contribution in [0.2, 0.25) is 0 Å². The van der Waals surface area contributed by atoms with Gasteiger partial charge in [0.05, 0.1) is 5.56 Å². The summed E-state index contributed by atoms with van der Waals surface area (Å²) in [4.78, 5) is 12.3. The highest BCUT2D eigenvalue weighted by atomic mass is 79.9. The van der Waals surface area contributed by atoms with Gasteiger partial charge in [-0.15, -0.1) is 0 Å². The Morgan fingerprint density at radius 1 is 1.11 bits per heavy atom. The Labute approximate surface area is 114 Å². The summed E-state index contributed by atoms with van der Waals surface area (Å²) >= 11 is 3.22. The van der Waals surface area contributed by atoms with E-state index in [2.05, 4.69) is 15.9 Å². The van der Waals surface area contributed by atoms with Crippen molar-refractivity contribution in [3.8, 4) is 0 Å². The van der Waals surface area contributed by atoms with Gasteiger partial charge in [0.25, 0.3) is 0 Å². The lowest BCUT2D eigenvalue weighted by Gasteiger charge is -2.07. The van der Waals surface area contributed by atoms with E-state index in [1.54, 1.807) is 24.3 Å². The zero-order valence-corrected chi connectivity index (χ0v) is 11.7. The third kappa shape index (κ3) is 2.51. The van der Waals surface area contributed by atoms with Crippen molar-refractivity contribution in [2.75, 3.05) is 0 Å². The molecule has 0 N–H and O–H groups in total. The first kappa shape index (κ1) is 13.0. The van der Waals surface area contributed by atoms with E-state index < -0.39 is 5.82 Å². The molecule has 0 aliphatic carbocycles. The quantitative estimate of drug-likeness (QED) is 0.750. The minimum Gasteiger partial charge on any atom is -0.288 e. The Morgan fingerprint density at radius 3 is 2.28 bits per heavy atom. The molecule has 0 fully saturated rings. The van der Waals surface area contributed by atoms with Crippen LogP contribution in [0.4, 0.5) is 4.39 Å². The van der Waals surface area contributed by atoms with Gasteiger partial charge < -0.3 is 0 Å². The Hall–Kier alpha value is -1.48. The first-order chi connectivity index (χ1) is 8.49. The number of rotatable bonds is 2. The zero-order chi connectivity index (χ0) is 13.3. The van der Waals surface area contributed by atoms with Gasteiger partial charge in [0, 0.05) is 10.0 Å². The van der Waals surface area contributed by atoms with Gasteiger partial charge in [0.2, 0.25) is 0 Å². The van der Waals surface area contributed by atoms with E-state index in [0.717, 1.165) is 11.1 Å². The molecule has 18 heavy (non-hydrogen) atoms. The second kappa shape index (κ2) is 5.02. The molecule has 0 heterocycles. The van der Waals surface area contributed by atoms with Gasteiger partial charge in [-0.3, -0.25) is 4.79 Å². The minimum absolute atomic E-state index is 0.0856. The van der Waals surface area contributed by atoms with Crippen LogP contribution in [0, 0.1) is 19.7 Å². The molecule has 0 spiro atoms. The predicted octanol–water partition coefficient (Wildman–Crippen LogP) is 4.44. The maximum absolute atomic E-state index is 13.7. The molecule has 0 bridgehead atoms. The fourth-order valence-corrected chi connectivity index (χ4v) is 2.49. The van der Waals surface area contributed by atoms with Crippen molar-refractivity contribution in [3.63, 3.8) is 0 Å². The molecule has 0 saturated carbocycles. The summed E-state index contributed by atoms with van der Waals surface area (Å²) in [6, 6.07) is 10.0. The van der Waals surface area contributed by atoms with Crippen LogP contribution < -0.4 is 0 Å². The van der Waals surface area contributed by atoms with E-state index in [1.807, 2.05) is 19.9 Å². The van der Waals surface area contributed by atoms with Crippen molar-refractivity contribution in [1.82, 2.24) is 0 Å². The predicted molar refractivity (Wildman–Crippen MR) is 73.4 cm³/mol. The van der Waals surface area contributed by atoms with Crippen LogP contribution in [-0.4, -0.2) is 5.78 Å². The third-order valence-electron chi connectivity index (χ3n) is 2.67. The van der Waals surface area contributed by atoms with Crippen LogP contribution in [-0.2, 0) is 0 Å². The second-order valence-corrected chi connectivity index (χ2v) is 5.16. The minimum atomic E-state index is -0.506. The normalized spacial score (nSPS) is 10.4. The van der Waals surface area contributed by atoms with E-state index in [4.69, 9.17) is 0 Å². The van der Waals surface area contributed by atoms with Crippen LogP contribution in [0.15, 0.2) is 40.9 Å². The highest BCUT2D eigenvalue weighted by molar-refractivity contribution is 9.10. The highest BCUT2D eigenvalue weighted by Gasteiger charge is 2.17. The molecule has 0 saturated heterocycles. The summed E-state index contributed by atoms with van der Waals surface area (Å²) in [6.45, 7) is 3.83. The molecule has 0 amide bonds. The van der Waals surface area contributed by atoms with Crippen molar-refractivity contribution in [1.29, 1.82) is 0 Å². The fraction of sp³-hybridized carbons (Fsp3) is 0.133. The summed E-state index contributed by atoms with van der Waals surface area (Å²) < 4.78 is 14.2. The van der Waals surface area contributed by atoms with Gasteiger partial charge >= 0.3 is 0 Å². The van der Waals surface area contributed by atoms with E-state index >= 15 is 0 Å². The van der Waals surface area contributed by atoms with Gasteiger partial charge in [-0.2, -0.15) is 0 Å². The lowest BCUT2D eigenvalue weighted by Crippen LogP contribution is -2.06. The zero-order valence-electron chi connectivity index (χ0n) is 10.1. The largest absolute Gasteiger partial charge is 0.288 e. The Balaban J connectivity index is 2.55. The SMILES string of the molecule is Cc1cc(C)cc(C(=O)c2c(F)cccc2Br)c1. The molecule has 0 aromatic heterocycles. The molecule has 0 radical (unpaired) electrons. The average molecular weight is 307 g/mol. The molecule has 0 unspecified atom stereocenters. The standard InChI is InChI=1S/C15H12BrFO/c1-9-6-10(2)8-11(7-9)15(18)14-12(16)4-3-5-13(14)17/h3-8H,1-2H3. The summed E-state index contributed by atoms with van der Waals surface area (Å²) in [5.74, 6) is -0.805. The van der Waals surface area contributed by atoms with Gasteiger partial charge in [-0.25, -0.2) is 4.39 Å². The maximum atomic E-state index is 13.7. The van der Waals surface area contributed by atoms with E-state index in [9.17, 15) is 9.18 Å². The van der Waals surface area contributed by atoms with Gasteiger partial charge in [0.1, 0.15) is 5.82 Å². The average Bonchev–Trinajstić information content (AvgIpc) is 2.27. The highest BCUT2D eigenvalue weighted by Crippen LogP contribution is 2.23. The molecule has 2 aromatic carbocycles. The number of benzene rings is 2. The Kier molecular flexibility index (Phi) is 3.62. The van der Waals surface area contributed by atoms with Gasteiger partial charge in [0.15, 0.2) is 5.78 Å². The number of aryl methyl sites for hydroxylation is 2. The summed E-state index contributed by atoms with van der Waals surface area (Å²) in [7, 11) is 0. The van der Waals surface area contributed by atoms with E-state index in [0.29, 0.717) is 10.0 Å². The summed E-state index contributed by atoms with van der Waals surface area (Å²) in [6.07, 6.45) is 0. The lowest BCUT2D eigenvalue weighted by atomic mass is 9.99. The van der Waals surface area contributed by atoms with Crippen molar-refractivity contribution in [2.45, 2.75) is 13.8 Å². The van der Waals surface area contributed by atoms with Crippen LogP contribution in [0.5, 0.6) is 0 Å².